The van der Waals surface area contributed by atoms with Gasteiger partial charge in [0.25, 0.3) is 0 Å². The summed E-state index contributed by atoms with van der Waals surface area (Å²) >= 11 is 0. The fourth-order valence-corrected chi connectivity index (χ4v) is 1.80. The van der Waals surface area contributed by atoms with Gasteiger partial charge in [0.15, 0.2) is 0 Å². The Morgan fingerprint density at radius 3 is 2.89 bits per heavy atom. The second kappa shape index (κ2) is 8.61. The first-order valence-corrected chi connectivity index (χ1v) is 6.68. The van der Waals surface area contributed by atoms with Gasteiger partial charge in [-0.05, 0) is 32.1 Å². The number of hydrogen-bond acceptors (Lipinski definition) is 4. The van der Waals surface area contributed by atoms with Crippen molar-refractivity contribution < 1.29 is 9.90 Å². The minimum atomic E-state index is -0.793. The Balaban J connectivity index is 2.35. The van der Waals surface area contributed by atoms with E-state index >= 15 is 0 Å². The molecule has 0 saturated carbocycles. The molecule has 1 aromatic heterocycles. The molecule has 19 heavy (non-hydrogen) atoms. The van der Waals surface area contributed by atoms with Crippen LogP contribution in [0.2, 0.25) is 0 Å². The van der Waals surface area contributed by atoms with E-state index in [-0.39, 0.29) is 0 Å². The summed E-state index contributed by atoms with van der Waals surface area (Å²) in [6, 6.07) is 5.33. The van der Waals surface area contributed by atoms with Crippen LogP contribution < -0.4 is 5.32 Å². The van der Waals surface area contributed by atoms with E-state index in [2.05, 4.69) is 10.3 Å². The van der Waals surface area contributed by atoms with Gasteiger partial charge in [0.2, 0.25) is 0 Å². The molecule has 1 heterocycles. The second-order valence-electron chi connectivity index (χ2n) is 4.68. The zero-order chi connectivity index (χ0) is 14.1. The van der Waals surface area contributed by atoms with Crippen LogP contribution >= 0.6 is 0 Å². The van der Waals surface area contributed by atoms with Crippen LogP contribution in [0.15, 0.2) is 24.4 Å². The average Bonchev–Trinajstić information content (AvgIpc) is 2.42. The molecule has 0 amide bonds. The van der Waals surface area contributed by atoms with Gasteiger partial charge in [0.1, 0.15) is 6.04 Å². The van der Waals surface area contributed by atoms with Crippen LogP contribution in [0.25, 0.3) is 0 Å². The van der Waals surface area contributed by atoms with Crippen LogP contribution in [-0.2, 0) is 11.2 Å². The van der Waals surface area contributed by atoms with Crippen LogP contribution in [0, 0.1) is 0 Å². The number of pyridine rings is 1. The van der Waals surface area contributed by atoms with E-state index in [1.54, 1.807) is 6.20 Å². The summed E-state index contributed by atoms with van der Waals surface area (Å²) in [5, 5.41) is 12.2. The predicted molar refractivity (Wildman–Crippen MR) is 75.2 cm³/mol. The second-order valence-corrected chi connectivity index (χ2v) is 4.68. The van der Waals surface area contributed by atoms with Gasteiger partial charge >= 0.3 is 5.97 Å². The number of carboxylic acids is 1. The number of likely N-dealkylation sites (N-methyl/N-ethyl adjacent to an activating group) is 1. The Morgan fingerprint density at radius 1 is 1.53 bits per heavy atom. The van der Waals surface area contributed by atoms with Gasteiger partial charge in [-0.25, -0.2) is 0 Å². The standard InChI is InChI=1S/C14H23N3O2/c1-3-8-16-13(14(18)19)11-17(2)10-7-12-6-4-5-9-15-12/h4-6,9,13,16H,3,7-8,10-11H2,1-2H3,(H,18,19). The van der Waals surface area contributed by atoms with Gasteiger partial charge in [-0.2, -0.15) is 0 Å². The quantitative estimate of drug-likeness (QED) is 0.697. The molecule has 0 bridgehead atoms. The zero-order valence-electron chi connectivity index (χ0n) is 11.7. The highest BCUT2D eigenvalue weighted by Gasteiger charge is 2.18. The molecule has 1 rings (SSSR count). The molecule has 0 aliphatic rings. The summed E-state index contributed by atoms with van der Waals surface area (Å²) in [5.41, 5.74) is 1.03. The summed E-state index contributed by atoms with van der Waals surface area (Å²) in [6.45, 7) is 4.05. The van der Waals surface area contributed by atoms with Crippen LogP contribution in [0.4, 0.5) is 0 Å². The maximum Gasteiger partial charge on any atom is 0.322 e. The fraction of sp³-hybridized carbons (Fsp3) is 0.571. The van der Waals surface area contributed by atoms with E-state index in [9.17, 15) is 4.79 Å². The number of carbonyl (C=O) groups is 1. The van der Waals surface area contributed by atoms with E-state index < -0.39 is 12.0 Å². The highest BCUT2D eigenvalue weighted by molar-refractivity contribution is 5.73. The average molecular weight is 265 g/mol. The van der Waals surface area contributed by atoms with Crippen molar-refractivity contribution in [3.63, 3.8) is 0 Å². The lowest BCUT2D eigenvalue weighted by Gasteiger charge is -2.22. The molecule has 0 aliphatic heterocycles. The number of rotatable bonds is 9. The highest BCUT2D eigenvalue weighted by atomic mass is 16.4. The molecule has 0 fully saturated rings. The maximum absolute atomic E-state index is 11.1. The Kier molecular flexibility index (Phi) is 7.07. The summed E-state index contributed by atoms with van der Waals surface area (Å²) in [4.78, 5) is 17.4. The topological polar surface area (TPSA) is 65.5 Å². The number of aromatic nitrogens is 1. The summed E-state index contributed by atoms with van der Waals surface area (Å²) in [5.74, 6) is -0.793. The summed E-state index contributed by atoms with van der Waals surface area (Å²) in [7, 11) is 1.94. The molecule has 5 heteroatoms. The normalized spacial score (nSPS) is 12.6. The van der Waals surface area contributed by atoms with Gasteiger partial charge in [-0.15, -0.1) is 0 Å². The molecular formula is C14H23N3O2. The molecule has 0 saturated heterocycles. The molecule has 0 aliphatic carbocycles. The van der Waals surface area contributed by atoms with Crippen LogP contribution in [-0.4, -0.2) is 53.7 Å². The molecule has 1 atom stereocenters. The van der Waals surface area contributed by atoms with Crippen molar-refractivity contribution in [1.82, 2.24) is 15.2 Å². The minimum Gasteiger partial charge on any atom is -0.480 e. The Morgan fingerprint density at radius 2 is 2.32 bits per heavy atom. The monoisotopic (exact) mass is 265 g/mol. The first-order chi connectivity index (χ1) is 9.13. The van der Waals surface area contributed by atoms with Crippen LogP contribution in [0.3, 0.4) is 0 Å². The van der Waals surface area contributed by atoms with Gasteiger partial charge in [-0.1, -0.05) is 13.0 Å². The SMILES string of the molecule is CCCNC(CN(C)CCc1ccccn1)C(=O)O. The van der Waals surface area contributed by atoms with Crippen LogP contribution in [0.1, 0.15) is 19.0 Å². The van der Waals surface area contributed by atoms with Gasteiger partial charge in [0, 0.05) is 31.4 Å². The number of nitrogens with zero attached hydrogens (tertiary/aromatic N) is 2. The third-order valence-corrected chi connectivity index (χ3v) is 2.91. The van der Waals surface area contributed by atoms with E-state index in [4.69, 9.17) is 5.11 Å². The van der Waals surface area contributed by atoms with Crippen molar-refractivity contribution in [2.24, 2.45) is 0 Å². The smallest absolute Gasteiger partial charge is 0.322 e. The van der Waals surface area contributed by atoms with Crippen molar-refractivity contribution >= 4 is 5.97 Å². The first kappa shape index (κ1) is 15.6. The van der Waals surface area contributed by atoms with Crippen molar-refractivity contribution in [2.45, 2.75) is 25.8 Å². The van der Waals surface area contributed by atoms with Gasteiger partial charge in [0.05, 0.1) is 0 Å². The third kappa shape index (κ3) is 6.31. The lowest BCUT2D eigenvalue weighted by atomic mass is 10.2. The van der Waals surface area contributed by atoms with E-state index in [1.165, 1.54) is 0 Å². The molecular weight excluding hydrogens is 242 g/mol. The predicted octanol–water partition coefficient (Wildman–Crippen LogP) is 1.01. The highest BCUT2D eigenvalue weighted by Crippen LogP contribution is 1.98. The molecule has 1 unspecified atom stereocenters. The van der Waals surface area contributed by atoms with Crippen molar-refractivity contribution in [2.75, 3.05) is 26.7 Å². The molecule has 1 aromatic rings. The lowest BCUT2D eigenvalue weighted by Crippen LogP contribution is -2.45. The molecule has 2 N–H and O–H groups in total. The molecule has 0 aromatic carbocycles. The van der Waals surface area contributed by atoms with Crippen molar-refractivity contribution in [3.8, 4) is 0 Å². The van der Waals surface area contributed by atoms with Crippen LogP contribution in [0.5, 0.6) is 0 Å². The number of nitrogens with one attached hydrogen (secondary N) is 1. The molecule has 0 radical (unpaired) electrons. The zero-order valence-corrected chi connectivity index (χ0v) is 11.7. The van der Waals surface area contributed by atoms with Crippen molar-refractivity contribution in [1.29, 1.82) is 0 Å². The van der Waals surface area contributed by atoms with Crippen molar-refractivity contribution in [3.05, 3.63) is 30.1 Å². The summed E-state index contributed by atoms with van der Waals surface area (Å²) < 4.78 is 0. The minimum absolute atomic E-state index is 0.502. The lowest BCUT2D eigenvalue weighted by molar-refractivity contribution is -0.139. The third-order valence-electron chi connectivity index (χ3n) is 2.91. The molecule has 106 valence electrons. The fourth-order valence-electron chi connectivity index (χ4n) is 1.80. The Bertz CT molecular complexity index is 370. The van der Waals surface area contributed by atoms with Gasteiger partial charge in [-0.3, -0.25) is 9.78 Å². The summed E-state index contributed by atoms with van der Waals surface area (Å²) in [6.07, 6.45) is 3.54. The first-order valence-electron chi connectivity index (χ1n) is 6.68. The van der Waals surface area contributed by atoms with Gasteiger partial charge < -0.3 is 15.3 Å². The number of carboxylic acid groups (broad SMARTS) is 1. The number of aliphatic carboxylic acids is 1. The molecule has 5 nitrogen and oxygen atoms in total. The van der Waals surface area contributed by atoms with E-state index in [0.29, 0.717) is 6.54 Å². The van der Waals surface area contributed by atoms with E-state index in [1.807, 2.05) is 37.1 Å². The maximum atomic E-state index is 11.1. The largest absolute Gasteiger partial charge is 0.480 e. The van der Waals surface area contributed by atoms with E-state index in [0.717, 1.165) is 31.6 Å². The number of hydrogen-bond donors (Lipinski definition) is 2. The Hall–Kier alpha value is -1.46. The Labute approximate surface area is 114 Å². The molecule has 0 spiro atoms.